The van der Waals surface area contributed by atoms with Gasteiger partial charge in [0.1, 0.15) is 33.5 Å². The molecule has 1 aliphatic heterocycles. The zero-order chi connectivity index (χ0) is 29.7. The summed E-state index contributed by atoms with van der Waals surface area (Å²) in [4.78, 5) is 45.6. The average molecular weight is 590 g/mol. The van der Waals surface area contributed by atoms with Crippen molar-refractivity contribution in [3.63, 3.8) is 0 Å². The fourth-order valence-electron chi connectivity index (χ4n) is 4.76. The van der Waals surface area contributed by atoms with E-state index in [0.717, 1.165) is 28.9 Å². The van der Waals surface area contributed by atoms with Crippen LogP contribution >= 0.6 is 11.3 Å². The molecular weight excluding hydrogens is 558 g/mol. The van der Waals surface area contributed by atoms with E-state index < -0.39 is 29.4 Å². The first-order valence-corrected chi connectivity index (χ1v) is 14.4. The van der Waals surface area contributed by atoms with Crippen LogP contribution in [0.15, 0.2) is 48.5 Å². The lowest BCUT2D eigenvalue weighted by atomic mass is 10.1. The number of aromatic nitrogens is 1. The third kappa shape index (κ3) is 6.16. The second-order valence-corrected chi connectivity index (χ2v) is 11.2. The molecule has 0 unspecified atom stereocenters. The zero-order valence-electron chi connectivity index (χ0n) is 23.3. The van der Waals surface area contributed by atoms with E-state index in [1.165, 1.54) is 7.11 Å². The molecule has 1 atom stereocenters. The van der Waals surface area contributed by atoms with Crippen LogP contribution in [0, 0.1) is 16.7 Å². The van der Waals surface area contributed by atoms with Gasteiger partial charge in [0.25, 0.3) is 5.91 Å². The van der Waals surface area contributed by atoms with Crippen molar-refractivity contribution in [1.82, 2.24) is 15.2 Å². The van der Waals surface area contributed by atoms with Crippen LogP contribution in [0.3, 0.4) is 0 Å². The zero-order valence-corrected chi connectivity index (χ0v) is 24.2. The van der Waals surface area contributed by atoms with Crippen molar-refractivity contribution >= 4 is 34.2 Å². The van der Waals surface area contributed by atoms with Crippen LogP contribution in [0.2, 0.25) is 0 Å². The third-order valence-corrected chi connectivity index (χ3v) is 8.47. The Balaban J connectivity index is 1.36. The number of thiazole rings is 1. The number of ether oxygens (including phenoxy) is 3. The van der Waals surface area contributed by atoms with Gasteiger partial charge in [-0.05, 0) is 43.4 Å². The Kier molecular flexibility index (Phi) is 8.59. The number of nitrogens with one attached hydrogen (secondary N) is 2. The van der Waals surface area contributed by atoms with E-state index in [0.29, 0.717) is 42.3 Å². The number of methoxy groups -OCH3 is 2. The number of anilines is 1. The summed E-state index contributed by atoms with van der Waals surface area (Å²) >= 11 is 1.13. The Morgan fingerprint density at radius 1 is 1.14 bits per heavy atom. The molecule has 1 saturated carbocycles. The van der Waals surface area contributed by atoms with E-state index >= 15 is 0 Å². The highest BCUT2D eigenvalue weighted by Crippen LogP contribution is 2.46. The minimum atomic E-state index is -1.09. The molecule has 1 aromatic heterocycles. The Labute approximate surface area is 247 Å². The Bertz CT molecular complexity index is 1510. The number of carbonyl (C=O) groups is 3. The molecule has 1 aliphatic carbocycles. The quantitative estimate of drug-likeness (QED) is 0.343. The molecule has 12 heteroatoms. The molecule has 3 aromatic rings. The molecule has 0 radical (unpaired) electrons. The number of nitriles is 1. The number of hydrogen-bond donors (Lipinski definition) is 2. The van der Waals surface area contributed by atoms with Crippen molar-refractivity contribution in [2.75, 3.05) is 26.1 Å². The van der Waals surface area contributed by atoms with Gasteiger partial charge in [-0.3, -0.25) is 14.5 Å². The lowest BCUT2D eigenvalue weighted by molar-refractivity contribution is -0.119. The molecule has 218 valence electrons. The molecule has 0 spiro atoms. The third-order valence-electron chi connectivity index (χ3n) is 7.40. The number of benzene rings is 2. The second kappa shape index (κ2) is 12.5. The molecule has 2 aliphatic rings. The number of rotatable bonds is 10. The van der Waals surface area contributed by atoms with Gasteiger partial charge >= 0.3 is 6.09 Å². The molecule has 2 aromatic carbocycles. The van der Waals surface area contributed by atoms with E-state index in [1.54, 1.807) is 30.2 Å². The van der Waals surface area contributed by atoms with Crippen LogP contribution < -0.4 is 20.1 Å². The molecule has 2 fully saturated rings. The van der Waals surface area contributed by atoms with Crippen molar-refractivity contribution in [3.8, 4) is 17.6 Å². The number of nitrogens with zero attached hydrogens (tertiary/aromatic N) is 3. The minimum absolute atomic E-state index is 0.0223. The maximum Gasteiger partial charge on any atom is 0.410 e. The number of carbonyl (C=O) groups excluding carboxylic acids is 3. The molecule has 2 N–H and O–H groups in total. The van der Waals surface area contributed by atoms with Crippen molar-refractivity contribution in [2.24, 2.45) is 5.41 Å². The SMILES string of the molecule is COc1ccc(CNC(=O)c2nc([C@H]3CCCN3C(=O)OCc3ccccc3)sc2NC(=O)C2(C#N)CC2)c(OC)c1. The highest BCUT2D eigenvalue weighted by molar-refractivity contribution is 7.16. The van der Waals surface area contributed by atoms with Crippen molar-refractivity contribution in [1.29, 1.82) is 5.26 Å². The predicted octanol–water partition coefficient (Wildman–Crippen LogP) is 4.81. The highest BCUT2D eigenvalue weighted by Gasteiger charge is 2.51. The molecular formula is C30H31N5O6S. The van der Waals surface area contributed by atoms with E-state index in [-0.39, 0.29) is 23.8 Å². The van der Waals surface area contributed by atoms with Gasteiger partial charge in [0, 0.05) is 24.7 Å². The maximum atomic E-state index is 13.4. The standard InChI is InChI=1S/C30H31N5O6S/c1-39-21-11-10-20(23(15-21)40-2)16-32-25(36)24-27(34-28(37)30(18-31)12-13-30)42-26(33-24)22-9-6-14-35(22)29(38)41-17-19-7-4-3-5-8-19/h3-5,7-8,10-11,15,22H,6,9,12-14,16-17H2,1-2H3,(H,32,36)(H,34,37)/t22-/m1/s1. The van der Waals surface area contributed by atoms with Crippen molar-refractivity contribution < 1.29 is 28.6 Å². The van der Waals surface area contributed by atoms with E-state index in [2.05, 4.69) is 21.7 Å². The summed E-state index contributed by atoms with van der Waals surface area (Å²) in [6, 6.07) is 16.3. The first-order valence-electron chi connectivity index (χ1n) is 13.6. The van der Waals surface area contributed by atoms with Gasteiger partial charge in [0.15, 0.2) is 5.69 Å². The van der Waals surface area contributed by atoms with Crippen LogP contribution in [-0.2, 0) is 22.7 Å². The lowest BCUT2D eigenvalue weighted by Crippen LogP contribution is -2.31. The summed E-state index contributed by atoms with van der Waals surface area (Å²) in [6.45, 7) is 0.756. The summed E-state index contributed by atoms with van der Waals surface area (Å²) < 4.78 is 16.2. The molecule has 42 heavy (non-hydrogen) atoms. The minimum Gasteiger partial charge on any atom is -0.497 e. The van der Waals surface area contributed by atoms with Gasteiger partial charge in [-0.1, -0.05) is 41.7 Å². The predicted molar refractivity (Wildman–Crippen MR) is 154 cm³/mol. The Hall–Kier alpha value is -4.63. The van der Waals surface area contributed by atoms with Crippen LogP contribution in [0.25, 0.3) is 0 Å². The maximum absolute atomic E-state index is 13.4. The van der Waals surface area contributed by atoms with Gasteiger partial charge in [0.05, 0.1) is 26.3 Å². The van der Waals surface area contributed by atoms with Crippen LogP contribution in [0.4, 0.5) is 9.80 Å². The lowest BCUT2D eigenvalue weighted by Gasteiger charge is -2.22. The smallest absolute Gasteiger partial charge is 0.410 e. The van der Waals surface area contributed by atoms with Gasteiger partial charge in [0.2, 0.25) is 5.91 Å². The summed E-state index contributed by atoms with van der Waals surface area (Å²) in [7, 11) is 3.08. The van der Waals surface area contributed by atoms with Gasteiger partial charge in [-0.25, -0.2) is 9.78 Å². The van der Waals surface area contributed by atoms with Crippen molar-refractivity contribution in [2.45, 2.75) is 44.9 Å². The first-order chi connectivity index (χ1) is 20.4. The molecule has 5 rings (SSSR count). The first kappa shape index (κ1) is 28.9. The van der Waals surface area contributed by atoms with E-state index in [1.807, 2.05) is 30.3 Å². The number of amides is 3. The highest BCUT2D eigenvalue weighted by atomic mass is 32.1. The summed E-state index contributed by atoms with van der Waals surface area (Å²) in [5.41, 5.74) is 0.528. The topological polar surface area (TPSA) is 143 Å². The van der Waals surface area contributed by atoms with Gasteiger partial charge in [-0.15, -0.1) is 0 Å². The largest absolute Gasteiger partial charge is 0.497 e. The van der Waals surface area contributed by atoms with Crippen LogP contribution in [0.5, 0.6) is 11.5 Å². The van der Waals surface area contributed by atoms with E-state index in [9.17, 15) is 19.6 Å². The molecule has 2 heterocycles. The van der Waals surface area contributed by atoms with E-state index in [4.69, 9.17) is 14.2 Å². The Morgan fingerprint density at radius 3 is 2.62 bits per heavy atom. The molecule has 11 nitrogen and oxygen atoms in total. The normalized spacial score (nSPS) is 16.7. The second-order valence-electron chi connectivity index (χ2n) is 10.1. The monoisotopic (exact) mass is 589 g/mol. The molecule has 3 amide bonds. The molecule has 0 bridgehead atoms. The fraction of sp³-hybridized carbons (Fsp3) is 0.367. The Morgan fingerprint density at radius 2 is 1.93 bits per heavy atom. The van der Waals surface area contributed by atoms with Crippen LogP contribution in [0.1, 0.15) is 58.3 Å². The molecule has 1 saturated heterocycles. The van der Waals surface area contributed by atoms with Gasteiger partial charge in [-0.2, -0.15) is 5.26 Å². The van der Waals surface area contributed by atoms with Crippen molar-refractivity contribution in [3.05, 3.63) is 70.4 Å². The van der Waals surface area contributed by atoms with Gasteiger partial charge < -0.3 is 24.8 Å². The number of hydrogen-bond acceptors (Lipinski definition) is 9. The summed E-state index contributed by atoms with van der Waals surface area (Å²) in [5.74, 6) is 0.189. The summed E-state index contributed by atoms with van der Waals surface area (Å²) in [5, 5.41) is 15.9. The fourth-order valence-corrected chi connectivity index (χ4v) is 5.86. The summed E-state index contributed by atoms with van der Waals surface area (Å²) in [6.07, 6.45) is 1.82. The van der Waals surface area contributed by atoms with Crippen LogP contribution in [-0.4, -0.2) is 48.6 Å². The average Bonchev–Trinajstić information content (AvgIpc) is 3.48. The number of likely N-dealkylation sites (tertiary alicyclic amines) is 1.